The van der Waals surface area contributed by atoms with Crippen LogP contribution in [0.15, 0.2) is 47.6 Å². The smallest absolute Gasteiger partial charge is 0.240 e. The SMILES string of the molecule is Cc1ccc(NC(=O)CCC(=O)N/N=C/c2ccc(O)cc2)cc1C. The first-order valence-corrected chi connectivity index (χ1v) is 7.92. The predicted molar refractivity (Wildman–Crippen MR) is 97.6 cm³/mol. The van der Waals surface area contributed by atoms with Gasteiger partial charge >= 0.3 is 0 Å². The summed E-state index contributed by atoms with van der Waals surface area (Å²) in [5, 5.41) is 15.8. The molecular formula is C19H21N3O3. The molecule has 3 N–H and O–H groups in total. The summed E-state index contributed by atoms with van der Waals surface area (Å²) in [5.74, 6) is -0.401. The molecular weight excluding hydrogens is 318 g/mol. The van der Waals surface area contributed by atoms with Crippen molar-refractivity contribution in [2.24, 2.45) is 5.10 Å². The lowest BCUT2D eigenvalue weighted by atomic mass is 10.1. The van der Waals surface area contributed by atoms with Crippen molar-refractivity contribution in [1.29, 1.82) is 0 Å². The number of aromatic hydroxyl groups is 1. The summed E-state index contributed by atoms with van der Waals surface area (Å²) in [5.41, 5.74) is 6.08. The van der Waals surface area contributed by atoms with Crippen molar-refractivity contribution < 1.29 is 14.7 Å². The van der Waals surface area contributed by atoms with Crippen molar-refractivity contribution in [2.45, 2.75) is 26.7 Å². The van der Waals surface area contributed by atoms with E-state index in [1.807, 2.05) is 32.0 Å². The van der Waals surface area contributed by atoms with Crippen LogP contribution in [0.1, 0.15) is 29.5 Å². The molecule has 2 aromatic carbocycles. The van der Waals surface area contributed by atoms with Gasteiger partial charge in [0.2, 0.25) is 11.8 Å². The van der Waals surface area contributed by atoms with E-state index in [1.54, 1.807) is 12.1 Å². The molecule has 2 aromatic rings. The van der Waals surface area contributed by atoms with Crippen LogP contribution in [0.5, 0.6) is 5.75 Å². The molecule has 0 aliphatic carbocycles. The molecule has 0 aliphatic heterocycles. The number of hydrogen-bond donors (Lipinski definition) is 3. The number of hydrogen-bond acceptors (Lipinski definition) is 4. The zero-order valence-electron chi connectivity index (χ0n) is 14.2. The molecule has 0 heterocycles. The maximum Gasteiger partial charge on any atom is 0.240 e. The molecule has 130 valence electrons. The van der Waals surface area contributed by atoms with E-state index in [2.05, 4.69) is 15.8 Å². The Labute approximate surface area is 146 Å². The van der Waals surface area contributed by atoms with Crippen LogP contribution in [-0.2, 0) is 9.59 Å². The summed E-state index contributed by atoms with van der Waals surface area (Å²) in [6.45, 7) is 3.98. The Balaban J connectivity index is 1.74. The molecule has 0 radical (unpaired) electrons. The molecule has 2 rings (SSSR count). The molecule has 0 saturated carbocycles. The topological polar surface area (TPSA) is 90.8 Å². The number of aryl methyl sites for hydroxylation is 2. The Hall–Kier alpha value is -3.15. The molecule has 6 nitrogen and oxygen atoms in total. The van der Waals surface area contributed by atoms with Gasteiger partial charge in [-0.15, -0.1) is 0 Å². The number of benzene rings is 2. The highest BCUT2D eigenvalue weighted by atomic mass is 16.3. The van der Waals surface area contributed by atoms with Gasteiger partial charge < -0.3 is 10.4 Å². The molecule has 0 atom stereocenters. The number of carbonyl (C=O) groups excluding carboxylic acids is 2. The lowest BCUT2D eigenvalue weighted by molar-refractivity contribution is -0.124. The number of phenolic OH excluding ortho intramolecular Hbond substituents is 1. The van der Waals surface area contributed by atoms with E-state index in [0.29, 0.717) is 0 Å². The zero-order chi connectivity index (χ0) is 18.2. The Morgan fingerprint density at radius 3 is 2.36 bits per heavy atom. The number of carbonyl (C=O) groups is 2. The number of amides is 2. The highest BCUT2D eigenvalue weighted by molar-refractivity contribution is 5.93. The average Bonchev–Trinajstić information content (AvgIpc) is 2.58. The van der Waals surface area contributed by atoms with Crippen molar-refractivity contribution >= 4 is 23.7 Å². The second-order valence-electron chi connectivity index (χ2n) is 5.73. The van der Waals surface area contributed by atoms with E-state index >= 15 is 0 Å². The van der Waals surface area contributed by atoms with Gasteiger partial charge in [0.15, 0.2) is 0 Å². The van der Waals surface area contributed by atoms with E-state index in [-0.39, 0.29) is 30.4 Å². The minimum absolute atomic E-state index is 0.0452. The molecule has 0 spiro atoms. The van der Waals surface area contributed by atoms with Gasteiger partial charge in [0.25, 0.3) is 0 Å². The number of rotatable bonds is 6. The largest absolute Gasteiger partial charge is 0.508 e. The van der Waals surface area contributed by atoms with Gasteiger partial charge in [-0.05, 0) is 66.9 Å². The van der Waals surface area contributed by atoms with Crippen molar-refractivity contribution in [2.75, 3.05) is 5.32 Å². The summed E-state index contributed by atoms with van der Waals surface area (Å²) in [7, 11) is 0. The quantitative estimate of drug-likeness (QED) is 0.558. The van der Waals surface area contributed by atoms with Gasteiger partial charge in [0.1, 0.15) is 5.75 Å². The summed E-state index contributed by atoms with van der Waals surface area (Å²) in [6.07, 6.45) is 1.59. The fraction of sp³-hybridized carbons (Fsp3) is 0.211. The molecule has 0 unspecified atom stereocenters. The monoisotopic (exact) mass is 339 g/mol. The third-order valence-corrected chi connectivity index (χ3v) is 3.67. The zero-order valence-corrected chi connectivity index (χ0v) is 14.2. The minimum Gasteiger partial charge on any atom is -0.508 e. The Morgan fingerprint density at radius 2 is 1.68 bits per heavy atom. The van der Waals surface area contributed by atoms with Crippen LogP contribution in [0.25, 0.3) is 0 Å². The number of nitrogens with zero attached hydrogens (tertiary/aromatic N) is 1. The fourth-order valence-electron chi connectivity index (χ4n) is 2.06. The van der Waals surface area contributed by atoms with Crippen LogP contribution in [0, 0.1) is 13.8 Å². The van der Waals surface area contributed by atoms with E-state index < -0.39 is 0 Å². The first kappa shape index (κ1) is 18.2. The Kier molecular flexibility index (Phi) is 6.28. The van der Waals surface area contributed by atoms with Crippen LogP contribution < -0.4 is 10.7 Å². The first-order chi connectivity index (χ1) is 11.9. The highest BCUT2D eigenvalue weighted by Crippen LogP contribution is 2.14. The van der Waals surface area contributed by atoms with Crippen LogP contribution >= 0.6 is 0 Å². The van der Waals surface area contributed by atoms with Gasteiger partial charge in [-0.2, -0.15) is 5.10 Å². The van der Waals surface area contributed by atoms with Gasteiger partial charge in [-0.1, -0.05) is 6.07 Å². The van der Waals surface area contributed by atoms with Crippen LogP contribution in [-0.4, -0.2) is 23.1 Å². The molecule has 25 heavy (non-hydrogen) atoms. The van der Waals surface area contributed by atoms with E-state index in [1.165, 1.54) is 18.3 Å². The van der Waals surface area contributed by atoms with Gasteiger partial charge in [0.05, 0.1) is 6.21 Å². The fourth-order valence-corrected chi connectivity index (χ4v) is 2.06. The predicted octanol–water partition coefficient (Wildman–Crippen LogP) is 2.88. The molecule has 0 aliphatic rings. The number of hydrazone groups is 1. The Morgan fingerprint density at radius 1 is 1.00 bits per heavy atom. The molecule has 0 aromatic heterocycles. The third kappa shape index (κ3) is 6.10. The van der Waals surface area contributed by atoms with Crippen LogP contribution in [0.4, 0.5) is 5.69 Å². The number of nitrogens with one attached hydrogen (secondary N) is 2. The summed E-state index contributed by atoms with van der Waals surface area (Å²) in [4.78, 5) is 23.6. The Bertz CT molecular complexity index is 783. The van der Waals surface area contributed by atoms with Crippen LogP contribution in [0.3, 0.4) is 0 Å². The van der Waals surface area contributed by atoms with Crippen molar-refractivity contribution in [1.82, 2.24) is 5.43 Å². The molecule has 2 amide bonds. The summed E-state index contributed by atoms with van der Waals surface area (Å²) >= 11 is 0. The molecule has 0 fully saturated rings. The maximum atomic E-state index is 11.9. The standard InChI is InChI=1S/C19H21N3O3/c1-13-3-6-16(11-14(13)2)21-18(24)9-10-19(25)22-20-12-15-4-7-17(23)8-5-15/h3-8,11-12,23H,9-10H2,1-2H3,(H,21,24)(H,22,25)/b20-12+. The van der Waals surface area contributed by atoms with Crippen molar-refractivity contribution in [3.8, 4) is 5.75 Å². The second-order valence-corrected chi connectivity index (χ2v) is 5.73. The lowest BCUT2D eigenvalue weighted by Crippen LogP contribution is -2.20. The minimum atomic E-state index is -0.342. The normalized spacial score (nSPS) is 10.6. The lowest BCUT2D eigenvalue weighted by Gasteiger charge is -2.07. The average molecular weight is 339 g/mol. The molecule has 6 heteroatoms. The maximum absolute atomic E-state index is 11.9. The molecule has 0 bridgehead atoms. The van der Waals surface area contributed by atoms with E-state index in [9.17, 15) is 14.7 Å². The van der Waals surface area contributed by atoms with Gasteiger partial charge in [0, 0.05) is 18.5 Å². The van der Waals surface area contributed by atoms with Crippen molar-refractivity contribution in [3.63, 3.8) is 0 Å². The van der Waals surface area contributed by atoms with Crippen LogP contribution in [0.2, 0.25) is 0 Å². The third-order valence-electron chi connectivity index (χ3n) is 3.67. The second kappa shape index (κ2) is 8.63. The van der Waals surface area contributed by atoms with E-state index in [0.717, 1.165) is 22.4 Å². The van der Waals surface area contributed by atoms with Gasteiger partial charge in [-0.25, -0.2) is 5.43 Å². The van der Waals surface area contributed by atoms with Crippen molar-refractivity contribution in [3.05, 3.63) is 59.2 Å². The number of phenols is 1. The molecule has 0 saturated heterocycles. The summed E-state index contributed by atoms with van der Waals surface area (Å²) in [6, 6.07) is 12.1. The summed E-state index contributed by atoms with van der Waals surface area (Å²) < 4.78 is 0. The number of anilines is 1. The highest BCUT2D eigenvalue weighted by Gasteiger charge is 2.07. The van der Waals surface area contributed by atoms with Gasteiger partial charge in [-0.3, -0.25) is 9.59 Å². The first-order valence-electron chi connectivity index (χ1n) is 7.92. The van der Waals surface area contributed by atoms with E-state index in [4.69, 9.17) is 0 Å².